The molecule has 4 nitrogen and oxygen atoms in total. The second-order valence-electron chi connectivity index (χ2n) is 4.48. The van der Waals surface area contributed by atoms with E-state index in [2.05, 4.69) is 12.2 Å². The first-order valence-electron chi connectivity index (χ1n) is 6.24. The van der Waals surface area contributed by atoms with Crippen molar-refractivity contribution in [1.82, 2.24) is 10.2 Å². The minimum Gasteiger partial charge on any atom is -0.380 e. The Morgan fingerprint density at radius 1 is 1.62 bits per heavy atom. The van der Waals surface area contributed by atoms with Crippen LogP contribution in [0.4, 0.5) is 0 Å². The van der Waals surface area contributed by atoms with Gasteiger partial charge in [0, 0.05) is 20.2 Å². The molecule has 1 heterocycles. The van der Waals surface area contributed by atoms with Gasteiger partial charge in [0.1, 0.15) is 0 Å². The lowest BCUT2D eigenvalue weighted by Gasteiger charge is -2.34. The van der Waals surface area contributed by atoms with Gasteiger partial charge in [-0.05, 0) is 32.7 Å². The van der Waals surface area contributed by atoms with Crippen LogP contribution in [-0.4, -0.2) is 49.7 Å². The van der Waals surface area contributed by atoms with Crippen LogP contribution >= 0.6 is 0 Å². The van der Waals surface area contributed by atoms with E-state index in [-0.39, 0.29) is 18.1 Å². The van der Waals surface area contributed by atoms with Gasteiger partial charge in [0.2, 0.25) is 5.91 Å². The van der Waals surface area contributed by atoms with Crippen molar-refractivity contribution in [3.63, 3.8) is 0 Å². The molecule has 0 spiro atoms. The minimum absolute atomic E-state index is 0.0257. The van der Waals surface area contributed by atoms with Crippen molar-refractivity contribution in [2.45, 2.75) is 45.3 Å². The molecule has 1 aliphatic rings. The van der Waals surface area contributed by atoms with Crippen molar-refractivity contribution < 1.29 is 9.53 Å². The summed E-state index contributed by atoms with van der Waals surface area (Å²) in [4.78, 5) is 14.0. The van der Waals surface area contributed by atoms with Crippen molar-refractivity contribution in [2.24, 2.45) is 0 Å². The summed E-state index contributed by atoms with van der Waals surface area (Å²) in [6.45, 7) is 6.61. The van der Waals surface area contributed by atoms with Crippen molar-refractivity contribution in [1.29, 1.82) is 0 Å². The molecular formula is C12H24N2O2. The number of carbonyl (C=O) groups excluding carboxylic acids is 1. The summed E-state index contributed by atoms with van der Waals surface area (Å²) >= 11 is 0. The number of ether oxygens (including phenoxy) is 1. The molecule has 1 fully saturated rings. The molecule has 1 saturated heterocycles. The van der Waals surface area contributed by atoms with Crippen molar-refractivity contribution >= 4 is 5.91 Å². The summed E-state index contributed by atoms with van der Waals surface area (Å²) in [5, 5.41) is 3.31. The first-order valence-corrected chi connectivity index (χ1v) is 6.24. The minimum atomic E-state index is 0.0257. The van der Waals surface area contributed by atoms with E-state index in [9.17, 15) is 4.79 Å². The van der Waals surface area contributed by atoms with E-state index in [0.29, 0.717) is 6.54 Å². The first-order chi connectivity index (χ1) is 7.69. The quantitative estimate of drug-likeness (QED) is 0.738. The largest absolute Gasteiger partial charge is 0.380 e. The molecule has 16 heavy (non-hydrogen) atoms. The Bertz CT molecular complexity index is 221. The van der Waals surface area contributed by atoms with Gasteiger partial charge in [-0.3, -0.25) is 4.79 Å². The van der Waals surface area contributed by atoms with Crippen molar-refractivity contribution in [3.8, 4) is 0 Å². The average Bonchev–Trinajstić information content (AvgIpc) is 2.30. The SMILES string of the molecule is CCCNC1CCCN(CC(C)OC)C1=O. The maximum Gasteiger partial charge on any atom is 0.239 e. The van der Waals surface area contributed by atoms with Crippen LogP contribution in [0, 0.1) is 0 Å². The fourth-order valence-electron chi connectivity index (χ4n) is 2.01. The number of amides is 1. The van der Waals surface area contributed by atoms with Crippen LogP contribution in [0.1, 0.15) is 33.1 Å². The van der Waals surface area contributed by atoms with Crippen LogP contribution < -0.4 is 5.32 Å². The summed E-state index contributed by atoms with van der Waals surface area (Å²) in [6.07, 6.45) is 3.24. The summed E-state index contributed by atoms with van der Waals surface area (Å²) in [7, 11) is 1.69. The molecule has 2 atom stereocenters. The van der Waals surface area contributed by atoms with Gasteiger partial charge < -0.3 is 15.0 Å². The molecule has 1 amide bonds. The molecule has 4 heteroatoms. The zero-order valence-corrected chi connectivity index (χ0v) is 10.7. The fraction of sp³-hybridized carbons (Fsp3) is 0.917. The Morgan fingerprint density at radius 3 is 3.00 bits per heavy atom. The number of rotatable bonds is 6. The Labute approximate surface area is 98.3 Å². The van der Waals surface area contributed by atoms with Gasteiger partial charge in [-0.25, -0.2) is 0 Å². The second-order valence-corrected chi connectivity index (χ2v) is 4.48. The second kappa shape index (κ2) is 6.86. The molecule has 0 aromatic heterocycles. The standard InChI is InChI=1S/C12H24N2O2/c1-4-7-13-11-6-5-8-14(12(11)15)9-10(2)16-3/h10-11,13H,4-9H2,1-3H3. The van der Waals surface area contributed by atoms with E-state index >= 15 is 0 Å². The van der Waals surface area contributed by atoms with E-state index in [4.69, 9.17) is 4.74 Å². The van der Waals surface area contributed by atoms with Gasteiger partial charge in [0.25, 0.3) is 0 Å². The van der Waals surface area contributed by atoms with E-state index < -0.39 is 0 Å². The van der Waals surface area contributed by atoms with Crippen molar-refractivity contribution in [2.75, 3.05) is 26.7 Å². The summed E-state index contributed by atoms with van der Waals surface area (Å²) in [5.41, 5.74) is 0. The Hall–Kier alpha value is -0.610. The maximum absolute atomic E-state index is 12.1. The molecule has 1 rings (SSSR count). The molecular weight excluding hydrogens is 204 g/mol. The highest BCUT2D eigenvalue weighted by molar-refractivity contribution is 5.82. The average molecular weight is 228 g/mol. The molecule has 94 valence electrons. The highest BCUT2D eigenvalue weighted by Crippen LogP contribution is 2.12. The molecule has 2 unspecified atom stereocenters. The van der Waals surface area contributed by atoms with Gasteiger partial charge in [-0.1, -0.05) is 6.92 Å². The number of nitrogens with one attached hydrogen (secondary N) is 1. The van der Waals surface area contributed by atoms with E-state index in [1.807, 2.05) is 11.8 Å². The monoisotopic (exact) mass is 228 g/mol. The number of likely N-dealkylation sites (tertiary alicyclic amines) is 1. The summed E-state index contributed by atoms with van der Waals surface area (Å²) in [6, 6.07) is 0.0257. The van der Waals surface area contributed by atoms with Gasteiger partial charge in [0.05, 0.1) is 12.1 Å². The number of hydrogen-bond donors (Lipinski definition) is 1. The van der Waals surface area contributed by atoms with Crippen LogP contribution in [0.5, 0.6) is 0 Å². The predicted molar refractivity (Wildman–Crippen MR) is 64.4 cm³/mol. The summed E-state index contributed by atoms with van der Waals surface area (Å²) in [5.74, 6) is 0.239. The zero-order valence-electron chi connectivity index (χ0n) is 10.7. The van der Waals surface area contributed by atoms with Crippen LogP contribution in [0.2, 0.25) is 0 Å². The maximum atomic E-state index is 12.1. The molecule has 1 N–H and O–H groups in total. The van der Waals surface area contributed by atoms with Crippen LogP contribution in [0.3, 0.4) is 0 Å². The Balaban J connectivity index is 2.43. The highest BCUT2D eigenvalue weighted by Gasteiger charge is 2.28. The van der Waals surface area contributed by atoms with Crippen LogP contribution in [0.25, 0.3) is 0 Å². The molecule has 0 aromatic carbocycles. The number of carbonyl (C=O) groups is 1. The van der Waals surface area contributed by atoms with Gasteiger partial charge in [-0.2, -0.15) is 0 Å². The Kier molecular flexibility index (Phi) is 5.77. The number of methoxy groups -OCH3 is 1. The third-order valence-corrected chi connectivity index (χ3v) is 3.05. The topological polar surface area (TPSA) is 41.6 Å². The third-order valence-electron chi connectivity index (χ3n) is 3.05. The fourth-order valence-corrected chi connectivity index (χ4v) is 2.01. The smallest absolute Gasteiger partial charge is 0.239 e. The Morgan fingerprint density at radius 2 is 2.38 bits per heavy atom. The predicted octanol–water partition coefficient (Wildman–Crippen LogP) is 1.01. The van der Waals surface area contributed by atoms with Gasteiger partial charge in [-0.15, -0.1) is 0 Å². The van der Waals surface area contributed by atoms with Gasteiger partial charge >= 0.3 is 0 Å². The highest BCUT2D eigenvalue weighted by atomic mass is 16.5. The first kappa shape index (κ1) is 13.5. The lowest BCUT2D eigenvalue weighted by molar-refractivity contribution is -0.137. The number of hydrogen-bond acceptors (Lipinski definition) is 3. The van der Waals surface area contributed by atoms with Gasteiger partial charge in [0.15, 0.2) is 0 Å². The van der Waals surface area contributed by atoms with E-state index in [1.165, 1.54) is 0 Å². The van der Waals surface area contributed by atoms with E-state index in [1.54, 1.807) is 7.11 Å². The molecule has 0 aromatic rings. The van der Waals surface area contributed by atoms with E-state index in [0.717, 1.165) is 32.4 Å². The normalized spacial score (nSPS) is 23.6. The number of nitrogens with zero attached hydrogens (tertiary/aromatic N) is 1. The molecule has 1 aliphatic heterocycles. The molecule has 0 bridgehead atoms. The lowest BCUT2D eigenvalue weighted by atomic mass is 10.0. The number of piperidine rings is 1. The molecule has 0 saturated carbocycles. The third kappa shape index (κ3) is 3.76. The van der Waals surface area contributed by atoms with Crippen molar-refractivity contribution in [3.05, 3.63) is 0 Å². The zero-order chi connectivity index (χ0) is 12.0. The van der Waals surface area contributed by atoms with Crippen LogP contribution in [-0.2, 0) is 9.53 Å². The van der Waals surface area contributed by atoms with Crippen LogP contribution in [0.15, 0.2) is 0 Å². The molecule has 0 aliphatic carbocycles. The lowest BCUT2D eigenvalue weighted by Crippen LogP contribution is -2.52. The molecule has 0 radical (unpaired) electrons. The summed E-state index contributed by atoms with van der Waals surface area (Å²) < 4.78 is 5.20.